The van der Waals surface area contributed by atoms with Crippen molar-refractivity contribution in [3.05, 3.63) is 89.6 Å². The lowest BCUT2D eigenvalue weighted by Crippen LogP contribution is -2.41. The fourth-order valence-electron chi connectivity index (χ4n) is 4.48. The first kappa shape index (κ1) is 30.9. The lowest BCUT2D eigenvalue weighted by Gasteiger charge is -2.21. The third-order valence-corrected chi connectivity index (χ3v) is 6.44. The number of nitrogens with zero attached hydrogens (tertiary/aromatic N) is 2. The van der Waals surface area contributed by atoms with E-state index in [9.17, 15) is 19.5 Å². The summed E-state index contributed by atoms with van der Waals surface area (Å²) in [4.78, 5) is 45.9. The number of nitrogens with two attached hydrogens (primary N) is 2. The van der Waals surface area contributed by atoms with Gasteiger partial charge in [-0.05, 0) is 36.3 Å². The van der Waals surface area contributed by atoms with Gasteiger partial charge < -0.3 is 31.6 Å². The van der Waals surface area contributed by atoms with E-state index in [2.05, 4.69) is 20.6 Å². The Morgan fingerprint density at radius 1 is 0.976 bits per heavy atom. The molecule has 7 N–H and O–H groups in total. The molecule has 41 heavy (non-hydrogen) atoms. The molecule has 2 atom stereocenters. The molecule has 0 aliphatic heterocycles. The number of oxazole rings is 1. The van der Waals surface area contributed by atoms with Gasteiger partial charge in [0.25, 0.3) is 5.91 Å². The molecule has 2 aromatic carbocycles. The van der Waals surface area contributed by atoms with Crippen molar-refractivity contribution in [3.63, 3.8) is 0 Å². The molecule has 0 saturated carbocycles. The summed E-state index contributed by atoms with van der Waals surface area (Å²) in [6.45, 7) is 4.25. The minimum Gasteiger partial charge on any atom is -0.480 e. The Bertz CT molecular complexity index is 1270. The van der Waals surface area contributed by atoms with Crippen molar-refractivity contribution in [1.82, 2.24) is 15.6 Å². The number of carboxylic acids is 1. The van der Waals surface area contributed by atoms with Crippen molar-refractivity contribution >= 4 is 23.7 Å². The molecule has 1 aromatic heterocycles. The standard InChI is InChI=1S/C30H38N6O5/c1-19(2)16-24(34-26(37)17-22(20-10-5-3-6-11-20)21-12-7-4-8-13-21)28-36-25(18-41-28)27(38)35-23(29(39)40)14-9-15-33-30(31)32/h3-8,10-13,18-19,22-24H,9,14-17H2,1-2H3,(H,34,37)(H,35,38)(H,39,40)(H4,31,32,33)/t23-,24-/m0/s1. The fourth-order valence-corrected chi connectivity index (χ4v) is 4.48. The van der Waals surface area contributed by atoms with Crippen LogP contribution in [0.4, 0.5) is 0 Å². The predicted octanol–water partition coefficient (Wildman–Crippen LogP) is 3.34. The highest BCUT2D eigenvalue weighted by molar-refractivity contribution is 5.94. The molecule has 2 amide bonds. The van der Waals surface area contributed by atoms with Crippen molar-refractivity contribution < 1.29 is 23.9 Å². The van der Waals surface area contributed by atoms with Crippen LogP contribution in [-0.2, 0) is 9.59 Å². The second-order valence-corrected chi connectivity index (χ2v) is 10.2. The molecule has 0 unspecified atom stereocenters. The van der Waals surface area contributed by atoms with Gasteiger partial charge >= 0.3 is 5.97 Å². The van der Waals surface area contributed by atoms with Crippen LogP contribution in [0.2, 0.25) is 0 Å². The molecule has 3 aromatic rings. The van der Waals surface area contributed by atoms with Gasteiger partial charge in [0.2, 0.25) is 11.8 Å². The first-order valence-electron chi connectivity index (χ1n) is 13.6. The second kappa shape index (κ2) is 15.2. The van der Waals surface area contributed by atoms with Crippen LogP contribution in [0.15, 0.2) is 76.3 Å². The first-order chi connectivity index (χ1) is 19.6. The normalized spacial score (nSPS) is 12.5. The van der Waals surface area contributed by atoms with Crippen LogP contribution in [-0.4, -0.2) is 46.4 Å². The monoisotopic (exact) mass is 562 g/mol. The summed E-state index contributed by atoms with van der Waals surface area (Å²) in [6, 6.07) is 17.9. The number of nitrogens with one attached hydrogen (secondary N) is 2. The zero-order chi connectivity index (χ0) is 29.8. The predicted molar refractivity (Wildman–Crippen MR) is 155 cm³/mol. The molecule has 11 nitrogen and oxygen atoms in total. The van der Waals surface area contributed by atoms with Crippen LogP contribution < -0.4 is 22.1 Å². The molecular formula is C30H38N6O5. The zero-order valence-corrected chi connectivity index (χ0v) is 23.3. The molecule has 3 rings (SSSR count). The molecule has 0 aliphatic rings. The number of carboxylic acid groups (broad SMARTS) is 1. The number of aromatic nitrogens is 1. The van der Waals surface area contributed by atoms with E-state index < -0.39 is 24.0 Å². The van der Waals surface area contributed by atoms with Crippen LogP contribution >= 0.6 is 0 Å². The highest BCUT2D eigenvalue weighted by atomic mass is 16.4. The topological polar surface area (TPSA) is 186 Å². The lowest BCUT2D eigenvalue weighted by molar-refractivity contribution is -0.139. The number of carbonyl (C=O) groups excluding carboxylic acids is 2. The third kappa shape index (κ3) is 9.79. The van der Waals surface area contributed by atoms with Gasteiger partial charge in [-0.1, -0.05) is 74.5 Å². The Balaban J connectivity index is 1.71. The summed E-state index contributed by atoms with van der Waals surface area (Å²) in [6.07, 6.45) is 2.38. The number of carbonyl (C=O) groups is 3. The molecule has 11 heteroatoms. The van der Waals surface area contributed by atoms with Crippen LogP contribution in [0.1, 0.15) is 79.0 Å². The van der Waals surface area contributed by atoms with Crippen LogP contribution in [0, 0.1) is 5.92 Å². The number of amides is 2. The Morgan fingerprint density at radius 2 is 1.59 bits per heavy atom. The summed E-state index contributed by atoms with van der Waals surface area (Å²) >= 11 is 0. The first-order valence-corrected chi connectivity index (χ1v) is 13.6. The van der Waals surface area contributed by atoms with Gasteiger partial charge in [-0.15, -0.1) is 0 Å². The SMILES string of the molecule is CC(C)C[C@H](NC(=O)CC(c1ccccc1)c1ccccc1)c1nc(C(=O)N[C@@H](CCCN=C(N)N)C(=O)O)co1. The van der Waals surface area contributed by atoms with E-state index in [1.54, 1.807) is 0 Å². The van der Waals surface area contributed by atoms with E-state index in [1.165, 1.54) is 6.26 Å². The number of rotatable bonds is 15. The molecule has 218 valence electrons. The summed E-state index contributed by atoms with van der Waals surface area (Å²) in [7, 11) is 0. The molecule has 0 spiro atoms. The molecule has 0 fully saturated rings. The van der Waals surface area contributed by atoms with Crippen LogP contribution in [0.5, 0.6) is 0 Å². The van der Waals surface area contributed by atoms with Gasteiger partial charge in [-0.3, -0.25) is 14.6 Å². The Morgan fingerprint density at radius 3 is 2.12 bits per heavy atom. The Labute approximate surface area is 239 Å². The fraction of sp³-hybridized carbons (Fsp3) is 0.367. The highest BCUT2D eigenvalue weighted by Crippen LogP contribution is 2.29. The van der Waals surface area contributed by atoms with E-state index in [-0.39, 0.29) is 54.7 Å². The van der Waals surface area contributed by atoms with Crippen molar-refractivity contribution in [2.24, 2.45) is 22.4 Å². The Hall–Kier alpha value is -4.67. The maximum atomic E-state index is 13.3. The summed E-state index contributed by atoms with van der Waals surface area (Å²) in [5, 5.41) is 15.0. The number of guanidine groups is 1. The largest absolute Gasteiger partial charge is 0.480 e. The number of benzene rings is 2. The van der Waals surface area contributed by atoms with E-state index >= 15 is 0 Å². The average Bonchev–Trinajstić information content (AvgIpc) is 3.44. The minimum absolute atomic E-state index is 0.0788. The van der Waals surface area contributed by atoms with Crippen molar-refractivity contribution in [2.75, 3.05) is 6.54 Å². The zero-order valence-electron chi connectivity index (χ0n) is 23.3. The van der Waals surface area contributed by atoms with Crippen molar-refractivity contribution in [2.45, 2.75) is 57.5 Å². The minimum atomic E-state index is -1.19. The molecule has 0 aliphatic carbocycles. The number of hydrogen-bond acceptors (Lipinski definition) is 6. The average molecular weight is 563 g/mol. The molecule has 0 saturated heterocycles. The van der Waals surface area contributed by atoms with Gasteiger partial charge in [0.15, 0.2) is 11.7 Å². The maximum Gasteiger partial charge on any atom is 0.326 e. The van der Waals surface area contributed by atoms with E-state index in [1.807, 2.05) is 74.5 Å². The highest BCUT2D eigenvalue weighted by Gasteiger charge is 2.27. The lowest BCUT2D eigenvalue weighted by atomic mass is 9.88. The second-order valence-electron chi connectivity index (χ2n) is 10.2. The maximum absolute atomic E-state index is 13.3. The molecule has 1 heterocycles. The van der Waals surface area contributed by atoms with E-state index in [0.717, 1.165) is 11.1 Å². The van der Waals surface area contributed by atoms with Gasteiger partial charge in [0, 0.05) is 18.9 Å². The van der Waals surface area contributed by atoms with E-state index in [4.69, 9.17) is 15.9 Å². The summed E-state index contributed by atoms with van der Waals surface area (Å²) in [5.74, 6) is -1.96. The van der Waals surface area contributed by atoms with Gasteiger partial charge in [-0.2, -0.15) is 0 Å². The molecule has 0 radical (unpaired) electrons. The molecule has 0 bridgehead atoms. The van der Waals surface area contributed by atoms with E-state index in [0.29, 0.717) is 12.8 Å². The van der Waals surface area contributed by atoms with Crippen LogP contribution in [0.25, 0.3) is 0 Å². The third-order valence-electron chi connectivity index (χ3n) is 6.44. The number of aliphatic carboxylic acids is 1. The van der Waals surface area contributed by atoms with Gasteiger partial charge in [0.05, 0.1) is 0 Å². The summed E-state index contributed by atoms with van der Waals surface area (Å²) < 4.78 is 5.61. The number of aliphatic imine (C=N–C) groups is 1. The van der Waals surface area contributed by atoms with Gasteiger partial charge in [-0.25, -0.2) is 9.78 Å². The smallest absolute Gasteiger partial charge is 0.326 e. The van der Waals surface area contributed by atoms with Crippen molar-refractivity contribution in [1.29, 1.82) is 0 Å². The Kier molecular flexibility index (Phi) is 11.4. The summed E-state index contributed by atoms with van der Waals surface area (Å²) in [5.41, 5.74) is 12.5. The van der Waals surface area contributed by atoms with Crippen LogP contribution in [0.3, 0.4) is 0 Å². The van der Waals surface area contributed by atoms with Crippen molar-refractivity contribution in [3.8, 4) is 0 Å². The quantitative estimate of drug-likeness (QED) is 0.106. The molecular weight excluding hydrogens is 524 g/mol. The van der Waals surface area contributed by atoms with Gasteiger partial charge in [0.1, 0.15) is 18.3 Å². The number of hydrogen-bond donors (Lipinski definition) is 5.